The second-order valence-corrected chi connectivity index (χ2v) is 7.54. The van der Waals surface area contributed by atoms with Crippen molar-refractivity contribution in [2.24, 2.45) is 0 Å². The van der Waals surface area contributed by atoms with Crippen LogP contribution in [0.4, 0.5) is 0 Å². The van der Waals surface area contributed by atoms with Crippen molar-refractivity contribution in [2.75, 3.05) is 18.1 Å². The first-order chi connectivity index (χ1) is 12.3. The zero-order valence-electron chi connectivity index (χ0n) is 15.2. The van der Waals surface area contributed by atoms with Crippen molar-refractivity contribution in [3.8, 4) is 18.1 Å². The first-order valence-electron chi connectivity index (χ1n) is 8.07. The van der Waals surface area contributed by atoms with E-state index in [4.69, 9.17) is 17.0 Å². The monoisotopic (exact) mass is 373 g/mol. The topological polar surface area (TPSA) is 95.1 Å². The molecule has 0 saturated carbocycles. The number of amides is 1. The van der Waals surface area contributed by atoms with Gasteiger partial charge < -0.3 is 15.9 Å². The lowest BCUT2D eigenvalue weighted by atomic mass is 9.87. The number of aromatic nitrogens is 3. The Hall–Kier alpha value is -2.66. The highest BCUT2D eigenvalue weighted by Gasteiger charge is 2.14. The van der Waals surface area contributed by atoms with Crippen LogP contribution in [0.5, 0.6) is 5.75 Å². The van der Waals surface area contributed by atoms with E-state index >= 15 is 0 Å². The number of nitrogens with zero attached hydrogens (tertiary/aromatic N) is 3. The zero-order valence-corrected chi connectivity index (χ0v) is 16.0. The molecule has 2 aromatic rings. The molecule has 0 saturated heterocycles. The van der Waals surface area contributed by atoms with Crippen molar-refractivity contribution in [1.29, 1.82) is 0 Å². The summed E-state index contributed by atoms with van der Waals surface area (Å²) in [5.41, 5.74) is 1.32. The van der Waals surface area contributed by atoms with Gasteiger partial charge in [0, 0.05) is 0 Å². The SMILES string of the molecule is C#CCNC(=O)CSc1nnc(COc2ccc(C(C)(C)C)cc2)n1N. The van der Waals surface area contributed by atoms with Crippen LogP contribution in [-0.2, 0) is 16.8 Å². The Morgan fingerprint density at radius 1 is 1.35 bits per heavy atom. The lowest BCUT2D eigenvalue weighted by Gasteiger charge is -2.19. The highest BCUT2D eigenvalue weighted by atomic mass is 32.2. The largest absolute Gasteiger partial charge is 0.486 e. The van der Waals surface area contributed by atoms with E-state index in [2.05, 4.69) is 42.2 Å². The number of carbonyl (C=O) groups excluding carboxylic acids is 1. The van der Waals surface area contributed by atoms with Crippen LogP contribution in [0.15, 0.2) is 29.4 Å². The summed E-state index contributed by atoms with van der Waals surface area (Å²) in [6, 6.07) is 7.92. The number of thioether (sulfide) groups is 1. The number of nitrogens with two attached hydrogens (primary N) is 1. The summed E-state index contributed by atoms with van der Waals surface area (Å²) >= 11 is 1.18. The van der Waals surface area contributed by atoms with E-state index in [1.807, 2.05) is 24.3 Å². The fourth-order valence-electron chi connectivity index (χ4n) is 2.03. The van der Waals surface area contributed by atoms with Gasteiger partial charge in [0.05, 0.1) is 12.3 Å². The van der Waals surface area contributed by atoms with E-state index in [0.29, 0.717) is 11.0 Å². The Labute approximate surface area is 157 Å². The van der Waals surface area contributed by atoms with E-state index in [0.717, 1.165) is 5.75 Å². The van der Waals surface area contributed by atoms with Gasteiger partial charge in [0.25, 0.3) is 0 Å². The molecule has 1 aromatic heterocycles. The van der Waals surface area contributed by atoms with Gasteiger partial charge in [0.1, 0.15) is 12.4 Å². The molecule has 0 spiro atoms. The highest BCUT2D eigenvalue weighted by Crippen LogP contribution is 2.24. The van der Waals surface area contributed by atoms with Gasteiger partial charge in [-0.25, -0.2) is 4.68 Å². The lowest BCUT2D eigenvalue weighted by Crippen LogP contribution is -2.25. The molecule has 8 heteroatoms. The number of nitrogens with one attached hydrogen (secondary N) is 1. The van der Waals surface area contributed by atoms with Gasteiger partial charge in [0.15, 0.2) is 5.82 Å². The third-order valence-electron chi connectivity index (χ3n) is 3.54. The molecule has 0 aliphatic heterocycles. The molecule has 0 unspecified atom stereocenters. The molecule has 0 aliphatic rings. The summed E-state index contributed by atoms with van der Waals surface area (Å²) < 4.78 is 7.04. The number of hydrogen-bond donors (Lipinski definition) is 2. The Morgan fingerprint density at radius 3 is 2.65 bits per heavy atom. The molecule has 3 N–H and O–H groups in total. The Bertz CT molecular complexity index is 787. The molecule has 7 nitrogen and oxygen atoms in total. The number of terminal acetylenes is 1. The van der Waals surface area contributed by atoms with E-state index in [-0.39, 0.29) is 30.2 Å². The number of rotatable bonds is 7. The summed E-state index contributed by atoms with van der Waals surface area (Å²) in [7, 11) is 0. The molecule has 0 atom stereocenters. The van der Waals surface area contributed by atoms with E-state index < -0.39 is 0 Å². The summed E-state index contributed by atoms with van der Waals surface area (Å²) in [6.45, 7) is 6.85. The van der Waals surface area contributed by atoms with E-state index in [1.54, 1.807) is 0 Å². The minimum absolute atomic E-state index is 0.0919. The maximum absolute atomic E-state index is 11.6. The standard InChI is InChI=1S/C18H23N5O2S/c1-5-10-20-16(24)12-26-17-22-21-15(23(17)19)11-25-14-8-6-13(7-9-14)18(2,3)4/h1,6-9H,10-12,19H2,2-4H3,(H,20,24). The van der Waals surface area contributed by atoms with Crippen molar-refractivity contribution in [1.82, 2.24) is 20.2 Å². The number of benzene rings is 1. The van der Waals surface area contributed by atoms with Crippen LogP contribution in [0.2, 0.25) is 0 Å². The molecule has 2 rings (SSSR count). The molecule has 0 aliphatic carbocycles. The van der Waals surface area contributed by atoms with Crippen LogP contribution in [0, 0.1) is 12.3 Å². The molecule has 0 bridgehead atoms. The van der Waals surface area contributed by atoms with Crippen LogP contribution in [-0.4, -0.2) is 33.1 Å². The molecule has 1 aromatic carbocycles. The van der Waals surface area contributed by atoms with Gasteiger partial charge in [-0.1, -0.05) is 50.6 Å². The van der Waals surface area contributed by atoms with Crippen LogP contribution >= 0.6 is 11.8 Å². The second-order valence-electron chi connectivity index (χ2n) is 6.60. The Balaban J connectivity index is 1.90. The van der Waals surface area contributed by atoms with Gasteiger partial charge in [-0.15, -0.1) is 16.6 Å². The minimum Gasteiger partial charge on any atom is -0.486 e. The predicted molar refractivity (Wildman–Crippen MR) is 102 cm³/mol. The normalized spacial score (nSPS) is 11.0. The molecular weight excluding hydrogens is 350 g/mol. The second kappa shape index (κ2) is 8.63. The van der Waals surface area contributed by atoms with Gasteiger partial charge in [-0.2, -0.15) is 0 Å². The van der Waals surface area contributed by atoms with Crippen molar-refractivity contribution in [3.63, 3.8) is 0 Å². The third-order valence-corrected chi connectivity index (χ3v) is 4.49. The lowest BCUT2D eigenvalue weighted by molar-refractivity contribution is -0.118. The summed E-state index contributed by atoms with van der Waals surface area (Å²) in [4.78, 5) is 11.6. The predicted octanol–water partition coefficient (Wildman–Crippen LogP) is 1.71. The number of hydrogen-bond acceptors (Lipinski definition) is 6. The minimum atomic E-state index is -0.187. The Morgan fingerprint density at radius 2 is 2.04 bits per heavy atom. The van der Waals surface area contributed by atoms with E-state index in [9.17, 15) is 4.79 Å². The van der Waals surface area contributed by atoms with Crippen LogP contribution in [0.25, 0.3) is 0 Å². The van der Waals surface area contributed by atoms with E-state index in [1.165, 1.54) is 22.0 Å². The molecule has 1 amide bonds. The first-order valence-corrected chi connectivity index (χ1v) is 9.05. The number of nitrogen functional groups attached to an aromatic ring is 1. The van der Waals surface area contributed by atoms with Crippen molar-refractivity contribution in [3.05, 3.63) is 35.7 Å². The van der Waals surface area contributed by atoms with Crippen LogP contribution < -0.4 is 15.9 Å². The maximum Gasteiger partial charge on any atom is 0.231 e. The van der Waals surface area contributed by atoms with Crippen molar-refractivity contribution in [2.45, 2.75) is 37.9 Å². The average Bonchev–Trinajstić information content (AvgIpc) is 2.96. The smallest absolute Gasteiger partial charge is 0.231 e. The molecule has 26 heavy (non-hydrogen) atoms. The van der Waals surface area contributed by atoms with Gasteiger partial charge in [-0.05, 0) is 23.1 Å². The average molecular weight is 373 g/mol. The number of ether oxygens (including phenoxy) is 1. The maximum atomic E-state index is 11.6. The van der Waals surface area contributed by atoms with Gasteiger partial charge in [-0.3, -0.25) is 4.79 Å². The van der Waals surface area contributed by atoms with Crippen molar-refractivity contribution >= 4 is 17.7 Å². The van der Waals surface area contributed by atoms with Crippen LogP contribution in [0.3, 0.4) is 0 Å². The fourth-order valence-corrected chi connectivity index (χ4v) is 2.74. The first kappa shape index (κ1) is 19.7. The third kappa shape index (κ3) is 5.43. The molecular formula is C18H23N5O2S. The fraction of sp³-hybridized carbons (Fsp3) is 0.389. The summed E-state index contributed by atoms with van der Waals surface area (Å²) in [6.07, 6.45) is 5.09. The molecule has 0 fully saturated rings. The summed E-state index contributed by atoms with van der Waals surface area (Å²) in [5.74, 6) is 9.47. The summed E-state index contributed by atoms with van der Waals surface area (Å²) in [5, 5.41) is 11.0. The molecule has 1 heterocycles. The number of carbonyl (C=O) groups is 1. The Kier molecular flexibility index (Phi) is 6.52. The zero-order chi connectivity index (χ0) is 19.2. The molecule has 0 radical (unpaired) electrons. The van der Waals surface area contributed by atoms with Crippen LogP contribution in [0.1, 0.15) is 32.2 Å². The quantitative estimate of drug-likeness (QED) is 0.436. The molecule has 138 valence electrons. The van der Waals surface area contributed by atoms with Gasteiger partial charge in [0.2, 0.25) is 11.1 Å². The highest BCUT2D eigenvalue weighted by molar-refractivity contribution is 7.99. The van der Waals surface area contributed by atoms with Gasteiger partial charge >= 0.3 is 0 Å². The van der Waals surface area contributed by atoms with Crippen molar-refractivity contribution < 1.29 is 9.53 Å².